The Kier molecular flexibility index (Phi) is 5.94. The van der Waals surface area contributed by atoms with Gasteiger partial charge in [-0.3, -0.25) is 0 Å². The van der Waals surface area contributed by atoms with Crippen LogP contribution in [0.2, 0.25) is 0 Å². The van der Waals surface area contributed by atoms with E-state index in [1.54, 1.807) is 0 Å². The molecule has 4 unspecified atom stereocenters. The Morgan fingerprint density at radius 1 is 1.24 bits per heavy atom. The minimum absolute atomic E-state index is 0.0877. The summed E-state index contributed by atoms with van der Waals surface area (Å²) in [6.45, 7) is 11.3. The quantitative estimate of drug-likeness (QED) is 0.800. The zero-order valence-corrected chi connectivity index (χ0v) is 12.3. The minimum Gasteiger partial charge on any atom is -0.393 e. The molecule has 102 valence electrons. The second-order valence-electron chi connectivity index (χ2n) is 6.73. The van der Waals surface area contributed by atoms with Crippen molar-refractivity contribution in [3.05, 3.63) is 0 Å². The number of aliphatic hydroxyl groups is 1. The van der Waals surface area contributed by atoms with Crippen LogP contribution in [-0.4, -0.2) is 36.2 Å². The first-order valence-corrected chi connectivity index (χ1v) is 7.26. The van der Waals surface area contributed by atoms with Crippen LogP contribution >= 0.6 is 0 Å². The molecule has 0 bridgehead atoms. The van der Waals surface area contributed by atoms with Gasteiger partial charge in [0.1, 0.15) is 0 Å². The topological polar surface area (TPSA) is 23.5 Å². The van der Waals surface area contributed by atoms with Gasteiger partial charge in [0.2, 0.25) is 0 Å². The summed E-state index contributed by atoms with van der Waals surface area (Å²) < 4.78 is 0. The van der Waals surface area contributed by atoms with E-state index in [-0.39, 0.29) is 6.10 Å². The molecule has 0 radical (unpaired) electrons. The second-order valence-corrected chi connectivity index (χ2v) is 6.73. The summed E-state index contributed by atoms with van der Waals surface area (Å²) in [6, 6.07) is 0. The molecule has 0 aliphatic heterocycles. The van der Waals surface area contributed by atoms with Gasteiger partial charge in [0.05, 0.1) is 6.10 Å². The Hall–Kier alpha value is -0.0800. The third kappa shape index (κ3) is 4.97. The summed E-state index contributed by atoms with van der Waals surface area (Å²) in [7, 11) is 2.19. The van der Waals surface area contributed by atoms with E-state index in [4.69, 9.17) is 0 Å². The summed E-state index contributed by atoms with van der Waals surface area (Å²) in [4.78, 5) is 2.40. The Morgan fingerprint density at radius 2 is 1.88 bits per heavy atom. The van der Waals surface area contributed by atoms with Crippen LogP contribution in [0.4, 0.5) is 0 Å². The van der Waals surface area contributed by atoms with Crippen molar-refractivity contribution >= 4 is 0 Å². The minimum atomic E-state index is -0.0877. The van der Waals surface area contributed by atoms with Gasteiger partial charge in [-0.15, -0.1) is 0 Å². The Morgan fingerprint density at radius 3 is 2.41 bits per heavy atom. The molecule has 0 amide bonds. The van der Waals surface area contributed by atoms with Gasteiger partial charge in [0.25, 0.3) is 0 Å². The monoisotopic (exact) mass is 241 g/mol. The van der Waals surface area contributed by atoms with E-state index in [9.17, 15) is 5.11 Å². The normalized spacial score (nSPS) is 34.6. The Bertz CT molecular complexity index is 205. The van der Waals surface area contributed by atoms with Crippen LogP contribution in [-0.2, 0) is 0 Å². The fourth-order valence-corrected chi connectivity index (χ4v) is 3.10. The lowest BCUT2D eigenvalue weighted by molar-refractivity contribution is 0.00120. The van der Waals surface area contributed by atoms with Crippen LogP contribution in [0.5, 0.6) is 0 Å². The zero-order valence-electron chi connectivity index (χ0n) is 12.3. The standard InChI is InChI=1S/C15H31NO/c1-11(2)6-7-16(5)10-14-13(4)8-12(3)9-15(14)17/h11-15,17H,6-10H2,1-5H3. The highest BCUT2D eigenvalue weighted by molar-refractivity contribution is 4.84. The third-order valence-corrected chi connectivity index (χ3v) is 4.25. The fraction of sp³-hybridized carbons (Fsp3) is 1.00. The van der Waals surface area contributed by atoms with Crippen molar-refractivity contribution in [3.63, 3.8) is 0 Å². The van der Waals surface area contributed by atoms with Gasteiger partial charge in [-0.1, -0.05) is 27.7 Å². The van der Waals surface area contributed by atoms with Crippen molar-refractivity contribution in [1.82, 2.24) is 4.90 Å². The highest BCUT2D eigenvalue weighted by Crippen LogP contribution is 2.34. The molecular formula is C15H31NO. The lowest BCUT2D eigenvalue weighted by Crippen LogP contribution is -2.41. The van der Waals surface area contributed by atoms with Gasteiger partial charge in [0.15, 0.2) is 0 Å². The van der Waals surface area contributed by atoms with Crippen molar-refractivity contribution in [2.75, 3.05) is 20.1 Å². The van der Waals surface area contributed by atoms with Crippen molar-refractivity contribution < 1.29 is 5.11 Å². The average molecular weight is 241 g/mol. The highest BCUT2D eigenvalue weighted by Gasteiger charge is 2.33. The summed E-state index contributed by atoms with van der Waals surface area (Å²) in [6.07, 6.45) is 3.44. The van der Waals surface area contributed by atoms with Gasteiger partial charge in [-0.25, -0.2) is 0 Å². The van der Waals surface area contributed by atoms with E-state index < -0.39 is 0 Å². The van der Waals surface area contributed by atoms with Crippen LogP contribution in [0, 0.1) is 23.7 Å². The number of nitrogens with zero attached hydrogens (tertiary/aromatic N) is 1. The maximum Gasteiger partial charge on any atom is 0.0585 e. The lowest BCUT2D eigenvalue weighted by Gasteiger charge is -2.39. The van der Waals surface area contributed by atoms with E-state index in [0.717, 1.165) is 25.4 Å². The van der Waals surface area contributed by atoms with E-state index in [0.29, 0.717) is 17.8 Å². The third-order valence-electron chi connectivity index (χ3n) is 4.25. The molecule has 1 aliphatic rings. The van der Waals surface area contributed by atoms with Gasteiger partial charge in [-0.05, 0) is 50.6 Å². The SMILES string of the molecule is CC(C)CCN(C)CC1C(C)CC(C)CC1O. The molecular weight excluding hydrogens is 210 g/mol. The number of hydrogen-bond donors (Lipinski definition) is 1. The number of hydrogen-bond acceptors (Lipinski definition) is 2. The summed E-state index contributed by atoms with van der Waals surface area (Å²) in [5.74, 6) is 2.60. The van der Waals surface area contributed by atoms with Crippen LogP contribution < -0.4 is 0 Å². The van der Waals surface area contributed by atoms with Crippen molar-refractivity contribution in [2.45, 2.75) is 53.1 Å². The van der Waals surface area contributed by atoms with E-state index in [1.165, 1.54) is 12.8 Å². The molecule has 1 fully saturated rings. The predicted molar refractivity (Wildman–Crippen MR) is 74.0 cm³/mol. The molecule has 4 atom stereocenters. The first kappa shape index (κ1) is 15.0. The van der Waals surface area contributed by atoms with Gasteiger partial charge >= 0.3 is 0 Å². The molecule has 1 rings (SSSR count). The molecule has 0 aromatic heterocycles. The number of aliphatic hydroxyl groups excluding tert-OH is 1. The Labute approximate surface area is 107 Å². The van der Waals surface area contributed by atoms with Crippen LogP contribution in [0.25, 0.3) is 0 Å². The Balaban J connectivity index is 2.38. The van der Waals surface area contributed by atoms with Crippen LogP contribution in [0.1, 0.15) is 47.0 Å². The molecule has 1 aliphatic carbocycles. The molecule has 0 spiro atoms. The summed E-state index contributed by atoms with van der Waals surface area (Å²) >= 11 is 0. The zero-order chi connectivity index (χ0) is 13.0. The van der Waals surface area contributed by atoms with Crippen molar-refractivity contribution in [3.8, 4) is 0 Å². The predicted octanol–water partition coefficient (Wildman–Crippen LogP) is 3.01. The summed E-state index contributed by atoms with van der Waals surface area (Å²) in [5.41, 5.74) is 0. The molecule has 0 saturated heterocycles. The van der Waals surface area contributed by atoms with Gasteiger partial charge < -0.3 is 10.0 Å². The first-order valence-electron chi connectivity index (χ1n) is 7.26. The van der Waals surface area contributed by atoms with E-state index in [1.807, 2.05) is 0 Å². The molecule has 1 N–H and O–H groups in total. The molecule has 2 nitrogen and oxygen atoms in total. The fourth-order valence-electron chi connectivity index (χ4n) is 3.10. The van der Waals surface area contributed by atoms with Gasteiger partial charge in [-0.2, -0.15) is 0 Å². The lowest BCUT2D eigenvalue weighted by atomic mass is 9.73. The average Bonchev–Trinajstić information content (AvgIpc) is 2.20. The maximum absolute atomic E-state index is 10.2. The number of rotatable bonds is 5. The molecule has 17 heavy (non-hydrogen) atoms. The van der Waals surface area contributed by atoms with Gasteiger partial charge in [0, 0.05) is 12.5 Å². The van der Waals surface area contributed by atoms with Crippen molar-refractivity contribution in [1.29, 1.82) is 0 Å². The van der Waals surface area contributed by atoms with Crippen LogP contribution in [0.3, 0.4) is 0 Å². The van der Waals surface area contributed by atoms with Crippen LogP contribution in [0.15, 0.2) is 0 Å². The molecule has 2 heteroatoms. The van der Waals surface area contributed by atoms with Crippen molar-refractivity contribution in [2.24, 2.45) is 23.7 Å². The molecule has 0 heterocycles. The maximum atomic E-state index is 10.2. The van der Waals surface area contributed by atoms with E-state index in [2.05, 4.69) is 39.6 Å². The summed E-state index contributed by atoms with van der Waals surface area (Å²) in [5, 5.41) is 10.2. The largest absolute Gasteiger partial charge is 0.393 e. The molecule has 0 aromatic carbocycles. The molecule has 0 aromatic rings. The molecule has 1 saturated carbocycles. The van der Waals surface area contributed by atoms with E-state index >= 15 is 0 Å². The second kappa shape index (κ2) is 6.75. The smallest absolute Gasteiger partial charge is 0.0585 e. The first-order chi connectivity index (χ1) is 7.90. The highest BCUT2D eigenvalue weighted by atomic mass is 16.3.